The van der Waals surface area contributed by atoms with E-state index in [1.807, 2.05) is 24.3 Å². The molecule has 0 aliphatic carbocycles. The number of anilines is 1. The van der Waals surface area contributed by atoms with E-state index in [2.05, 4.69) is 10.2 Å². The smallest absolute Gasteiger partial charge is 0.304 e. The molecule has 1 aliphatic heterocycles. The minimum absolute atomic E-state index is 0.166. The van der Waals surface area contributed by atoms with Crippen LogP contribution in [0.5, 0.6) is 0 Å². The summed E-state index contributed by atoms with van der Waals surface area (Å²) in [7, 11) is -1.37. The highest BCUT2D eigenvalue weighted by Crippen LogP contribution is 2.23. The minimum atomic E-state index is -4.06. The molecule has 0 unspecified atom stereocenters. The lowest BCUT2D eigenvalue weighted by molar-refractivity contribution is -0.119. The van der Waals surface area contributed by atoms with Crippen LogP contribution in [0.4, 0.5) is 10.1 Å². The van der Waals surface area contributed by atoms with E-state index in [4.69, 9.17) is 0 Å². The van der Waals surface area contributed by atoms with E-state index in [9.17, 15) is 17.6 Å². The van der Waals surface area contributed by atoms with E-state index in [1.54, 1.807) is 0 Å². The number of nitrogens with zero attached hydrogens (tertiary/aromatic N) is 3. The molecule has 7 nitrogen and oxygen atoms in total. The van der Waals surface area contributed by atoms with Crippen molar-refractivity contribution in [2.45, 2.75) is 25.9 Å². The van der Waals surface area contributed by atoms with Gasteiger partial charge in [0.2, 0.25) is 5.91 Å². The van der Waals surface area contributed by atoms with Gasteiger partial charge in [0.05, 0.1) is 5.69 Å². The Morgan fingerprint density at radius 2 is 1.65 bits per heavy atom. The maximum atomic E-state index is 14.3. The topological polar surface area (TPSA) is 73.0 Å². The molecule has 0 spiro atoms. The zero-order chi connectivity index (χ0) is 22.4. The first kappa shape index (κ1) is 23.2. The quantitative estimate of drug-likeness (QED) is 0.639. The fraction of sp³-hybridized carbons (Fsp3) is 0.409. The molecule has 0 bridgehead atoms. The number of carbonyl (C=O) groups is 1. The highest BCUT2D eigenvalue weighted by Gasteiger charge is 2.29. The first-order valence-electron chi connectivity index (χ1n) is 10.3. The third kappa shape index (κ3) is 5.81. The molecule has 2 aromatic rings. The number of amides is 1. The van der Waals surface area contributed by atoms with Crippen LogP contribution in [0.1, 0.15) is 24.0 Å². The SMILES string of the molecule is CN(C)S(=O)(=O)N(CC(=O)NCc1ccccc1CN1CCCC1)c1ccccc1F. The Labute approximate surface area is 183 Å². The molecule has 0 radical (unpaired) electrons. The van der Waals surface area contributed by atoms with Gasteiger partial charge in [-0.1, -0.05) is 36.4 Å². The van der Waals surface area contributed by atoms with Crippen molar-refractivity contribution in [3.63, 3.8) is 0 Å². The Morgan fingerprint density at radius 1 is 1.03 bits per heavy atom. The predicted octanol–water partition coefficient (Wildman–Crippen LogP) is 2.35. The van der Waals surface area contributed by atoms with Crippen molar-refractivity contribution in [3.05, 3.63) is 65.5 Å². The van der Waals surface area contributed by atoms with Gasteiger partial charge < -0.3 is 5.32 Å². The molecule has 0 saturated carbocycles. The third-order valence-corrected chi connectivity index (χ3v) is 7.14. The molecule has 168 valence electrons. The van der Waals surface area contributed by atoms with Crippen molar-refractivity contribution in [3.8, 4) is 0 Å². The van der Waals surface area contributed by atoms with E-state index < -0.39 is 28.5 Å². The lowest BCUT2D eigenvalue weighted by Crippen LogP contribution is -2.46. The van der Waals surface area contributed by atoms with Crippen molar-refractivity contribution >= 4 is 21.8 Å². The van der Waals surface area contributed by atoms with Crippen molar-refractivity contribution in [2.24, 2.45) is 0 Å². The molecule has 1 aliphatic rings. The van der Waals surface area contributed by atoms with Gasteiger partial charge in [-0.25, -0.2) is 8.70 Å². The Bertz CT molecular complexity index is 1010. The highest BCUT2D eigenvalue weighted by molar-refractivity contribution is 7.90. The summed E-state index contributed by atoms with van der Waals surface area (Å²) in [6, 6.07) is 13.4. The largest absolute Gasteiger partial charge is 0.350 e. The fourth-order valence-electron chi connectivity index (χ4n) is 3.59. The molecule has 31 heavy (non-hydrogen) atoms. The Morgan fingerprint density at radius 3 is 2.29 bits per heavy atom. The van der Waals surface area contributed by atoms with E-state index in [-0.39, 0.29) is 12.2 Å². The normalized spacial score (nSPS) is 14.7. The molecule has 1 saturated heterocycles. The Hall–Kier alpha value is -2.49. The summed E-state index contributed by atoms with van der Waals surface area (Å²) >= 11 is 0. The molecule has 0 aromatic heterocycles. The average Bonchev–Trinajstić information content (AvgIpc) is 3.25. The van der Waals surface area contributed by atoms with Crippen LogP contribution >= 0.6 is 0 Å². The number of likely N-dealkylation sites (tertiary alicyclic amines) is 1. The summed E-state index contributed by atoms with van der Waals surface area (Å²) in [5, 5.41) is 2.79. The van der Waals surface area contributed by atoms with E-state index >= 15 is 0 Å². The number of benzene rings is 2. The van der Waals surface area contributed by atoms with E-state index in [1.165, 1.54) is 51.2 Å². The van der Waals surface area contributed by atoms with Crippen molar-refractivity contribution in [1.82, 2.24) is 14.5 Å². The van der Waals surface area contributed by atoms with Gasteiger partial charge in [0, 0.05) is 27.2 Å². The van der Waals surface area contributed by atoms with Gasteiger partial charge in [-0.15, -0.1) is 0 Å². The van der Waals surface area contributed by atoms with Crippen molar-refractivity contribution in [1.29, 1.82) is 0 Å². The maximum absolute atomic E-state index is 14.3. The second kappa shape index (κ2) is 10.2. The van der Waals surface area contributed by atoms with Gasteiger partial charge in [-0.2, -0.15) is 12.7 Å². The first-order valence-corrected chi connectivity index (χ1v) is 11.7. The zero-order valence-electron chi connectivity index (χ0n) is 17.9. The number of nitrogens with one attached hydrogen (secondary N) is 1. The number of carbonyl (C=O) groups excluding carboxylic acids is 1. The van der Waals surface area contributed by atoms with Crippen molar-refractivity contribution < 1.29 is 17.6 Å². The third-order valence-electron chi connectivity index (χ3n) is 5.34. The number of hydrogen-bond acceptors (Lipinski definition) is 4. The summed E-state index contributed by atoms with van der Waals surface area (Å²) in [6.45, 7) is 2.72. The van der Waals surface area contributed by atoms with Crippen LogP contribution in [0.25, 0.3) is 0 Å². The lowest BCUT2D eigenvalue weighted by atomic mass is 10.1. The average molecular weight is 449 g/mol. The van der Waals surface area contributed by atoms with Gasteiger partial charge in [0.1, 0.15) is 12.4 Å². The summed E-state index contributed by atoms with van der Waals surface area (Å²) in [5.74, 6) is -1.22. The van der Waals surface area contributed by atoms with Crippen LogP contribution in [-0.2, 0) is 28.1 Å². The summed E-state index contributed by atoms with van der Waals surface area (Å²) in [5.41, 5.74) is 1.95. The summed E-state index contributed by atoms with van der Waals surface area (Å²) < 4.78 is 41.5. The minimum Gasteiger partial charge on any atom is -0.350 e. The summed E-state index contributed by atoms with van der Waals surface area (Å²) in [4.78, 5) is 15.0. The van der Waals surface area contributed by atoms with Crippen LogP contribution < -0.4 is 9.62 Å². The molecule has 9 heteroatoms. The Balaban J connectivity index is 1.72. The fourth-order valence-corrected chi connectivity index (χ4v) is 4.66. The molecular formula is C22H29FN4O3S. The molecule has 1 heterocycles. The van der Waals surface area contributed by atoms with E-state index in [0.29, 0.717) is 0 Å². The monoisotopic (exact) mass is 448 g/mol. The van der Waals surface area contributed by atoms with Crippen LogP contribution in [0.2, 0.25) is 0 Å². The predicted molar refractivity (Wildman–Crippen MR) is 119 cm³/mol. The van der Waals surface area contributed by atoms with Gasteiger partial charge in [-0.3, -0.25) is 9.69 Å². The number of rotatable bonds is 9. The molecule has 1 fully saturated rings. The molecule has 1 amide bonds. The van der Waals surface area contributed by atoms with Gasteiger partial charge in [0.25, 0.3) is 0 Å². The van der Waals surface area contributed by atoms with Gasteiger partial charge >= 0.3 is 10.2 Å². The van der Waals surface area contributed by atoms with Crippen LogP contribution in [0.3, 0.4) is 0 Å². The summed E-state index contributed by atoms with van der Waals surface area (Å²) in [6.07, 6.45) is 2.40. The van der Waals surface area contributed by atoms with Crippen molar-refractivity contribution in [2.75, 3.05) is 38.0 Å². The van der Waals surface area contributed by atoms with Gasteiger partial charge in [-0.05, 0) is 49.2 Å². The molecule has 1 N–H and O–H groups in total. The number of hydrogen-bond donors (Lipinski definition) is 1. The lowest BCUT2D eigenvalue weighted by Gasteiger charge is -2.27. The van der Waals surface area contributed by atoms with Crippen LogP contribution in [0.15, 0.2) is 48.5 Å². The first-order chi connectivity index (χ1) is 14.8. The maximum Gasteiger partial charge on any atom is 0.304 e. The Kier molecular flexibility index (Phi) is 7.64. The molecule has 2 aromatic carbocycles. The van der Waals surface area contributed by atoms with E-state index in [0.717, 1.165) is 39.4 Å². The highest BCUT2D eigenvalue weighted by atomic mass is 32.2. The van der Waals surface area contributed by atoms with Crippen LogP contribution in [0, 0.1) is 5.82 Å². The standard InChI is InChI=1S/C22H29FN4O3S/c1-25(2)31(29,30)27(21-12-6-5-11-20(21)23)17-22(28)24-15-18-9-3-4-10-19(18)16-26-13-7-8-14-26/h3-6,9-12H,7-8,13-17H2,1-2H3,(H,24,28). The second-order valence-corrected chi connectivity index (χ2v) is 9.84. The molecular weight excluding hydrogens is 419 g/mol. The number of halogens is 1. The number of para-hydroxylation sites is 1. The second-order valence-electron chi connectivity index (χ2n) is 7.78. The zero-order valence-corrected chi connectivity index (χ0v) is 18.7. The molecule has 0 atom stereocenters. The molecule has 3 rings (SSSR count). The van der Waals surface area contributed by atoms with Crippen LogP contribution in [-0.4, -0.2) is 57.3 Å². The van der Waals surface area contributed by atoms with Gasteiger partial charge in [0.15, 0.2) is 0 Å².